The van der Waals surface area contributed by atoms with Crippen molar-refractivity contribution in [3.8, 4) is 0 Å². The van der Waals surface area contributed by atoms with E-state index in [4.69, 9.17) is 0 Å². The maximum atomic E-state index is 11.7. The standard InChI is InChI=1S/C13H10N4O.C2H6.Ru/c18-13-7-12(9-5-6-14-15-8-9)16-10-3-1-2-4-11(10)17-13;1-2;/h1-6,8H,7H2,(H,14,17,18);1-2H3;/q;;+1/p-1. The Morgan fingerprint density at radius 1 is 1.10 bits per heavy atom. The van der Waals surface area contributed by atoms with Crippen molar-refractivity contribution in [2.24, 2.45) is 4.99 Å². The number of para-hydroxylation sites is 2. The zero-order chi connectivity index (χ0) is 14.4. The normalized spacial score (nSPS) is 12.5. The number of aliphatic imine (C=N–C) groups is 1. The third-order valence-electron chi connectivity index (χ3n) is 2.62. The first-order valence-corrected chi connectivity index (χ1v) is 6.51. The van der Waals surface area contributed by atoms with Crippen molar-refractivity contribution in [2.75, 3.05) is 0 Å². The molecule has 1 aliphatic heterocycles. The molecule has 3 rings (SSSR count). The van der Waals surface area contributed by atoms with E-state index < -0.39 is 0 Å². The molecule has 2 heterocycles. The number of nitrogens with zero attached hydrogens (tertiary/aromatic N) is 4. The van der Waals surface area contributed by atoms with Crippen molar-refractivity contribution in [3.63, 3.8) is 0 Å². The molecule has 2 aromatic rings. The molecule has 0 spiro atoms. The number of hydrogen-bond donors (Lipinski definition) is 0. The van der Waals surface area contributed by atoms with E-state index in [1.54, 1.807) is 24.5 Å². The minimum absolute atomic E-state index is 0. The molecule has 0 bridgehead atoms. The van der Waals surface area contributed by atoms with Crippen molar-refractivity contribution in [2.45, 2.75) is 20.3 Å². The molecular weight excluding hydrogens is 353 g/mol. The first kappa shape index (κ1) is 17.1. The Balaban J connectivity index is 0.000000706. The molecule has 21 heavy (non-hydrogen) atoms. The Kier molecular flexibility index (Phi) is 6.82. The van der Waals surface area contributed by atoms with Crippen LogP contribution in [-0.2, 0) is 24.3 Å². The fourth-order valence-corrected chi connectivity index (χ4v) is 1.78. The maximum absolute atomic E-state index is 11.7. The predicted molar refractivity (Wildman–Crippen MR) is 78.7 cm³/mol. The van der Waals surface area contributed by atoms with Gasteiger partial charge in [-0.1, -0.05) is 32.0 Å². The van der Waals surface area contributed by atoms with Crippen LogP contribution in [0.2, 0.25) is 0 Å². The summed E-state index contributed by atoms with van der Waals surface area (Å²) < 4.78 is 0. The second-order valence-electron chi connectivity index (χ2n) is 3.86. The molecule has 1 aromatic heterocycles. The van der Waals surface area contributed by atoms with Gasteiger partial charge in [0.05, 0.1) is 24.0 Å². The third-order valence-corrected chi connectivity index (χ3v) is 2.62. The maximum Gasteiger partial charge on any atom is 1.00 e. The molecule has 1 aromatic carbocycles. The van der Waals surface area contributed by atoms with Gasteiger partial charge in [-0.15, -0.1) is 5.69 Å². The van der Waals surface area contributed by atoms with E-state index in [2.05, 4.69) is 20.5 Å². The van der Waals surface area contributed by atoms with Crippen LogP contribution in [0.5, 0.6) is 0 Å². The number of benzene rings is 1. The fourth-order valence-electron chi connectivity index (χ4n) is 1.78. The van der Waals surface area contributed by atoms with Gasteiger partial charge in [0.15, 0.2) is 0 Å². The monoisotopic (exact) mass is 369 g/mol. The van der Waals surface area contributed by atoms with Crippen LogP contribution in [0.3, 0.4) is 0 Å². The summed E-state index contributed by atoms with van der Waals surface area (Å²) in [6.45, 7) is 4.00. The van der Waals surface area contributed by atoms with Gasteiger partial charge in [0, 0.05) is 17.7 Å². The largest absolute Gasteiger partial charge is 1.00 e. The van der Waals surface area contributed by atoms with E-state index in [9.17, 15) is 4.79 Å². The number of fused-ring (bicyclic) bond motifs is 1. The first-order chi connectivity index (χ1) is 9.83. The summed E-state index contributed by atoms with van der Waals surface area (Å²) in [7, 11) is 0. The summed E-state index contributed by atoms with van der Waals surface area (Å²) in [5.74, 6) is -0.199. The molecule has 0 saturated heterocycles. The van der Waals surface area contributed by atoms with Crippen LogP contribution in [-0.4, -0.2) is 21.8 Å². The average molecular weight is 368 g/mol. The Morgan fingerprint density at radius 2 is 1.86 bits per heavy atom. The van der Waals surface area contributed by atoms with Gasteiger partial charge in [-0.2, -0.15) is 10.2 Å². The molecular formula is C15H15N4ORu. The van der Waals surface area contributed by atoms with Crippen molar-refractivity contribution in [1.82, 2.24) is 10.2 Å². The second-order valence-corrected chi connectivity index (χ2v) is 3.86. The van der Waals surface area contributed by atoms with E-state index in [1.807, 2.05) is 32.0 Å². The van der Waals surface area contributed by atoms with Crippen LogP contribution in [0.15, 0.2) is 47.7 Å². The average Bonchev–Trinajstić information content (AvgIpc) is 2.68. The third kappa shape index (κ3) is 4.26. The van der Waals surface area contributed by atoms with Crippen LogP contribution in [0.4, 0.5) is 11.4 Å². The summed E-state index contributed by atoms with van der Waals surface area (Å²) in [4.78, 5) is 16.2. The van der Waals surface area contributed by atoms with Gasteiger partial charge in [0.1, 0.15) is 0 Å². The number of aromatic nitrogens is 2. The van der Waals surface area contributed by atoms with Crippen LogP contribution >= 0.6 is 0 Å². The first-order valence-electron chi connectivity index (χ1n) is 6.51. The molecule has 109 valence electrons. The van der Waals surface area contributed by atoms with Gasteiger partial charge >= 0.3 is 19.5 Å². The van der Waals surface area contributed by atoms with Gasteiger partial charge in [-0.05, 0) is 12.1 Å². The van der Waals surface area contributed by atoms with E-state index in [0.29, 0.717) is 17.1 Å². The Bertz CT molecular complexity index is 629. The van der Waals surface area contributed by atoms with Crippen LogP contribution in [0.1, 0.15) is 25.8 Å². The van der Waals surface area contributed by atoms with E-state index in [0.717, 1.165) is 5.56 Å². The molecule has 1 amide bonds. The van der Waals surface area contributed by atoms with Gasteiger partial charge in [0.2, 0.25) is 0 Å². The molecule has 0 atom stereocenters. The fraction of sp³-hybridized carbons (Fsp3) is 0.200. The Hall–Kier alpha value is -1.94. The molecule has 1 aliphatic rings. The molecule has 1 radical (unpaired) electrons. The molecule has 0 saturated carbocycles. The van der Waals surface area contributed by atoms with E-state index in [1.165, 1.54) is 0 Å². The minimum atomic E-state index is -0.199. The Morgan fingerprint density at radius 3 is 2.57 bits per heavy atom. The molecule has 0 unspecified atom stereocenters. The van der Waals surface area contributed by atoms with Crippen molar-refractivity contribution in [3.05, 3.63) is 53.6 Å². The molecule has 0 fully saturated rings. The second kappa shape index (κ2) is 8.37. The van der Waals surface area contributed by atoms with Gasteiger partial charge < -0.3 is 10.1 Å². The predicted octanol–water partition coefficient (Wildman–Crippen LogP) is 3.56. The molecule has 0 aliphatic carbocycles. The van der Waals surface area contributed by atoms with Gasteiger partial charge in [-0.25, -0.2) is 0 Å². The summed E-state index contributed by atoms with van der Waals surface area (Å²) in [5.41, 5.74) is 2.78. The number of carbonyl (C=O) groups excluding carboxylic acids is 1. The van der Waals surface area contributed by atoms with Gasteiger partial charge in [0.25, 0.3) is 0 Å². The molecule has 6 heteroatoms. The summed E-state index contributed by atoms with van der Waals surface area (Å²) in [6, 6.07) is 9.11. The SMILES string of the molecule is CC.O=C1CC(c2ccnnc2)=Nc2ccccc2[N-]1.[Ru+]. The van der Waals surface area contributed by atoms with Crippen LogP contribution in [0.25, 0.3) is 5.32 Å². The Labute approximate surface area is 136 Å². The minimum Gasteiger partial charge on any atom is -0.625 e. The van der Waals surface area contributed by atoms with Crippen molar-refractivity contribution < 1.29 is 24.3 Å². The quantitative estimate of drug-likeness (QED) is 0.723. The van der Waals surface area contributed by atoms with E-state index in [-0.39, 0.29) is 31.8 Å². The zero-order valence-electron chi connectivity index (χ0n) is 11.8. The summed E-state index contributed by atoms with van der Waals surface area (Å²) in [6.07, 6.45) is 3.36. The number of rotatable bonds is 1. The topological polar surface area (TPSA) is 69.3 Å². The molecule has 5 nitrogen and oxygen atoms in total. The summed E-state index contributed by atoms with van der Waals surface area (Å²) >= 11 is 0. The number of hydrogen-bond acceptors (Lipinski definition) is 4. The van der Waals surface area contributed by atoms with Gasteiger partial charge in [-0.3, -0.25) is 4.99 Å². The number of carbonyl (C=O) groups is 1. The van der Waals surface area contributed by atoms with Crippen LogP contribution < -0.4 is 0 Å². The van der Waals surface area contributed by atoms with E-state index >= 15 is 0 Å². The summed E-state index contributed by atoms with van der Waals surface area (Å²) in [5, 5.41) is 11.5. The smallest absolute Gasteiger partial charge is 0.625 e. The molecule has 0 N–H and O–H groups in total. The van der Waals surface area contributed by atoms with Crippen molar-refractivity contribution in [1.29, 1.82) is 0 Å². The van der Waals surface area contributed by atoms with Crippen molar-refractivity contribution >= 4 is 23.0 Å². The number of amides is 1. The van der Waals surface area contributed by atoms with Crippen LogP contribution in [0, 0.1) is 0 Å². The zero-order valence-corrected chi connectivity index (χ0v) is 13.5.